The fourth-order valence-corrected chi connectivity index (χ4v) is 4.21. The smallest absolute Gasteiger partial charge is 0.310 e. The molecule has 0 N–H and O–H groups in total. The van der Waals surface area contributed by atoms with Gasteiger partial charge in [-0.2, -0.15) is 0 Å². The molecule has 0 saturated carbocycles. The largest absolute Gasteiger partial charge is 0.466 e. The van der Waals surface area contributed by atoms with Crippen LogP contribution in [0.5, 0.6) is 0 Å². The molecule has 1 aliphatic rings. The molecule has 3 aromatic rings. The van der Waals surface area contributed by atoms with Crippen molar-refractivity contribution in [3.8, 4) is 17.1 Å². The van der Waals surface area contributed by atoms with Gasteiger partial charge in [-0.3, -0.25) is 14.3 Å². The SMILES string of the molecule is CCOC(=O)C1CCCN(Cn2nc(-c3ccccc3)n(-c3ccc(F)cc3)c2=S)C1. The summed E-state index contributed by atoms with van der Waals surface area (Å²) >= 11 is 5.77. The Morgan fingerprint density at radius 2 is 1.94 bits per heavy atom. The molecule has 1 aliphatic heterocycles. The molecule has 6 nitrogen and oxygen atoms in total. The summed E-state index contributed by atoms with van der Waals surface area (Å²) < 4.78 is 22.9. The second-order valence-corrected chi connectivity index (χ2v) is 7.96. The summed E-state index contributed by atoms with van der Waals surface area (Å²) in [6.45, 7) is 4.17. The number of halogens is 1. The van der Waals surface area contributed by atoms with Crippen molar-refractivity contribution in [3.05, 3.63) is 65.2 Å². The Morgan fingerprint density at radius 1 is 1.19 bits per heavy atom. The fourth-order valence-electron chi connectivity index (χ4n) is 3.92. The molecule has 31 heavy (non-hydrogen) atoms. The molecule has 4 rings (SSSR count). The van der Waals surface area contributed by atoms with E-state index in [1.165, 1.54) is 12.1 Å². The normalized spacial score (nSPS) is 16.9. The molecule has 0 aliphatic carbocycles. The number of hydrogen-bond donors (Lipinski definition) is 0. The highest BCUT2D eigenvalue weighted by Crippen LogP contribution is 2.24. The van der Waals surface area contributed by atoms with Crippen molar-refractivity contribution in [1.82, 2.24) is 19.2 Å². The zero-order chi connectivity index (χ0) is 21.8. The Bertz CT molecular complexity index is 1100. The van der Waals surface area contributed by atoms with Crippen LogP contribution in [0.2, 0.25) is 0 Å². The first-order valence-electron chi connectivity index (χ1n) is 10.5. The minimum Gasteiger partial charge on any atom is -0.466 e. The van der Waals surface area contributed by atoms with E-state index in [0.29, 0.717) is 30.4 Å². The van der Waals surface area contributed by atoms with Crippen LogP contribution in [-0.4, -0.2) is 44.9 Å². The topological polar surface area (TPSA) is 52.3 Å². The Hall–Kier alpha value is -2.84. The van der Waals surface area contributed by atoms with Gasteiger partial charge in [-0.1, -0.05) is 30.3 Å². The summed E-state index contributed by atoms with van der Waals surface area (Å²) in [6.07, 6.45) is 1.75. The number of nitrogens with zero attached hydrogens (tertiary/aromatic N) is 4. The van der Waals surface area contributed by atoms with Crippen LogP contribution in [0.3, 0.4) is 0 Å². The molecule has 1 atom stereocenters. The lowest BCUT2D eigenvalue weighted by molar-refractivity contribution is -0.150. The molecular weight excluding hydrogens is 415 g/mol. The third-order valence-corrected chi connectivity index (χ3v) is 5.81. The molecule has 1 saturated heterocycles. The molecule has 1 fully saturated rings. The number of piperidine rings is 1. The monoisotopic (exact) mass is 440 g/mol. The molecule has 2 aromatic carbocycles. The van der Waals surface area contributed by atoms with Crippen molar-refractivity contribution >= 4 is 18.2 Å². The number of esters is 1. The number of hydrogen-bond acceptors (Lipinski definition) is 5. The van der Waals surface area contributed by atoms with Gasteiger partial charge in [0.25, 0.3) is 0 Å². The summed E-state index contributed by atoms with van der Waals surface area (Å²) in [7, 11) is 0. The van der Waals surface area contributed by atoms with Gasteiger partial charge in [-0.05, 0) is 62.8 Å². The van der Waals surface area contributed by atoms with Gasteiger partial charge in [-0.25, -0.2) is 9.07 Å². The van der Waals surface area contributed by atoms with Crippen molar-refractivity contribution < 1.29 is 13.9 Å². The first-order chi connectivity index (χ1) is 15.1. The summed E-state index contributed by atoms with van der Waals surface area (Å²) in [5.41, 5.74) is 1.67. The summed E-state index contributed by atoms with van der Waals surface area (Å²) in [4.78, 5) is 14.4. The van der Waals surface area contributed by atoms with Gasteiger partial charge >= 0.3 is 5.97 Å². The Kier molecular flexibility index (Phi) is 6.58. The molecule has 162 valence electrons. The fraction of sp³-hybridized carbons (Fsp3) is 0.348. The van der Waals surface area contributed by atoms with Crippen LogP contribution in [0.1, 0.15) is 19.8 Å². The van der Waals surface area contributed by atoms with Gasteiger partial charge in [0.15, 0.2) is 5.82 Å². The van der Waals surface area contributed by atoms with Crippen LogP contribution in [-0.2, 0) is 16.2 Å². The van der Waals surface area contributed by atoms with E-state index in [1.807, 2.05) is 41.8 Å². The lowest BCUT2D eigenvalue weighted by Gasteiger charge is -2.31. The van der Waals surface area contributed by atoms with Crippen LogP contribution in [0.25, 0.3) is 17.1 Å². The molecule has 1 unspecified atom stereocenters. The maximum atomic E-state index is 13.5. The predicted octanol–water partition coefficient (Wildman–Crippen LogP) is 4.44. The highest BCUT2D eigenvalue weighted by Gasteiger charge is 2.27. The summed E-state index contributed by atoms with van der Waals surface area (Å²) in [5.74, 6) is 0.117. The Labute approximate surface area is 185 Å². The minimum atomic E-state index is -0.303. The number of carbonyl (C=O) groups is 1. The van der Waals surface area contributed by atoms with E-state index in [9.17, 15) is 9.18 Å². The third kappa shape index (κ3) is 4.75. The summed E-state index contributed by atoms with van der Waals surface area (Å²) in [5, 5.41) is 4.80. The van der Waals surface area contributed by atoms with E-state index >= 15 is 0 Å². The second kappa shape index (κ2) is 9.53. The maximum absolute atomic E-state index is 13.5. The number of ether oxygens (including phenoxy) is 1. The van der Waals surface area contributed by atoms with Gasteiger partial charge in [0.05, 0.1) is 24.9 Å². The molecule has 0 spiro atoms. The first-order valence-corrected chi connectivity index (χ1v) is 10.9. The summed E-state index contributed by atoms with van der Waals surface area (Å²) in [6, 6.07) is 16.0. The molecule has 0 bridgehead atoms. The van der Waals surface area contributed by atoms with Gasteiger partial charge in [0.1, 0.15) is 5.82 Å². The molecule has 0 radical (unpaired) electrons. The zero-order valence-electron chi connectivity index (χ0n) is 17.4. The van der Waals surface area contributed by atoms with E-state index in [1.54, 1.807) is 16.8 Å². The minimum absolute atomic E-state index is 0.129. The number of carbonyl (C=O) groups excluding carboxylic acids is 1. The highest BCUT2D eigenvalue weighted by atomic mass is 32.1. The van der Waals surface area contributed by atoms with E-state index in [4.69, 9.17) is 22.1 Å². The molecule has 2 heterocycles. The van der Waals surface area contributed by atoms with Gasteiger partial charge in [0.2, 0.25) is 4.77 Å². The lowest BCUT2D eigenvalue weighted by Crippen LogP contribution is -2.40. The van der Waals surface area contributed by atoms with Crippen LogP contribution in [0.15, 0.2) is 54.6 Å². The van der Waals surface area contributed by atoms with E-state index < -0.39 is 0 Å². The Balaban J connectivity index is 1.67. The van der Waals surface area contributed by atoms with Crippen LogP contribution < -0.4 is 0 Å². The van der Waals surface area contributed by atoms with Crippen molar-refractivity contribution in [3.63, 3.8) is 0 Å². The third-order valence-electron chi connectivity index (χ3n) is 5.42. The van der Waals surface area contributed by atoms with Crippen LogP contribution in [0.4, 0.5) is 4.39 Å². The van der Waals surface area contributed by atoms with Crippen molar-refractivity contribution in [2.75, 3.05) is 19.7 Å². The predicted molar refractivity (Wildman–Crippen MR) is 119 cm³/mol. The molecule has 8 heteroatoms. The van der Waals surface area contributed by atoms with Crippen LogP contribution in [0, 0.1) is 16.5 Å². The number of rotatable bonds is 6. The van der Waals surface area contributed by atoms with Crippen LogP contribution >= 0.6 is 12.2 Å². The highest BCUT2D eigenvalue weighted by molar-refractivity contribution is 7.71. The van der Waals surface area contributed by atoms with E-state index in [2.05, 4.69) is 4.90 Å². The average Bonchev–Trinajstić information content (AvgIpc) is 3.11. The number of likely N-dealkylation sites (tertiary alicyclic amines) is 1. The quantitative estimate of drug-likeness (QED) is 0.419. The number of aromatic nitrogens is 3. The maximum Gasteiger partial charge on any atom is 0.310 e. The van der Waals surface area contributed by atoms with Gasteiger partial charge < -0.3 is 4.74 Å². The molecule has 0 amide bonds. The van der Waals surface area contributed by atoms with E-state index in [0.717, 1.165) is 30.6 Å². The zero-order valence-corrected chi connectivity index (χ0v) is 18.2. The van der Waals surface area contributed by atoms with E-state index in [-0.39, 0.29) is 17.7 Å². The standard InChI is InChI=1S/C23H25FN4O2S/c1-2-30-22(29)18-9-6-14-26(15-18)16-27-23(31)28(20-12-10-19(24)11-13-20)21(25-27)17-7-4-3-5-8-17/h3-5,7-8,10-13,18H,2,6,9,14-16H2,1H3. The average molecular weight is 441 g/mol. The Morgan fingerprint density at radius 3 is 2.65 bits per heavy atom. The molecule has 1 aromatic heterocycles. The van der Waals surface area contributed by atoms with Crippen molar-refractivity contribution in [1.29, 1.82) is 0 Å². The van der Waals surface area contributed by atoms with Crippen molar-refractivity contribution in [2.45, 2.75) is 26.4 Å². The second-order valence-electron chi connectivity index (χ2n) is 7.59. The first kappa shape index (κ1) is 21.4. The molecular formula is C23H25FN4O2S. The van der Waals surface area contributed by atoms with Gasteiger partial charge in [0, 0.05) is 12.1 Å². The number of benzene rings is 2. The van der Waals surface area contributed by atoms with Crippen molar-refractivity contribution in [2.24, 2.45) is 5.92 Å². The lowest BCUT2D eigenvalue weighted by atomic mass is 9.99. The van der Waals surface area contributed by atoms with Gasteiger partial charge in [-0.15, -0.1) is 5.10 Å².